The Morgan fingerprint density at radius 2 is 1.13 bits per heavy atom. The Balaban J connectivity index is 1.70. The van der Waals surface area contributed by atoms with Crippen LogP contribution in [0.3, 0.4) is 0 Å². The van der Waals surface area contributed by atoms with Crippen LogP contribution in [0.4, 0.5) is 0 Å². The first kappa shape index (κ1) is 20.2. The molecule has 0 unspecified atom stereocenters. The van der Waals surface area contributed by atoms with Gasteiger partial charge in [0.1, 0.15) is 23.0 Å². The molecule has 0 saturated heterocycles. The van der Waals surface area contributed by atoms with Crippen LogP contribution in [-0.2, 0) is 4.79 Å². The standard InChI is InChI=1S/C27H22O4/c1-19(28)30-27-16-14-23(18-25(27)21-11-7-4-8-12-21)31-22-13-15-26(29-2)24(17-22)20-9-5-3-6-10-20/h3-18H,1-2H3. The molecule has 0 atom stereocenters. The van der Waals surface area contributed by atoms with Crippen LogP contribution in [0.2, 0.25) is 0 Å². The maximum atomic E-state index is 11.5. The molecule has 0 aliphatic rings. The molecule has 0 radical (unpaired) electrons. The van der Waals surface area contributed by atoms with Crippen LogP contribution in [0, 0.1) is 0 Å². The molecule has 0 amide bonds. The summed E-state index contributed by atoms with van der Waals surface area (Å²) in [5.41, 5.74) is 3.70. The van der Waals surface area contributed by atoms with Crippen LogP contribution in [0.1, 0.15) is 6.92 Å². The second kappa shape index (κ2) is 9.18. The van der Waals surface area contributed by atoms with Crippen LogP contribution in [-0.4, -0.2) is 13.1 Å². The summed E-state index contributed by atoms with van der Waals surface area (Å²) in [4.78, 5) is 11.5. The van der Waals surface area contributed by atoms with Crippen LogP contribution in [0.5, 0.6) is 23.0 Å². The Morgan fingerprint density at radius 3 is 1.61 bits per heavy atom. The number of hydrogen-bond acceptors (Lipinski definition) is 4. The number of hydrogen-bond donors (Lipinski definition) is 0. The molecule has 4 nitrogen and oxygen atoms in total. The summed E-state index contributed by atoms with van der Waals surface area (Å²) in [5, 5.41) is 0. The summed E-state index contributed by atoms with van der Waals surface area (Å²) < 4.78 is 17.1. The highest BCUT2D eigenvalue weighted by atomic mass is 16.5. The SMILES string of the molecule is COc1ccc(Oc2ccc(OC(C)=O)c(-c3ccccc3)c2)cc1-c1ccccc1. The summed E-state index contributed by atoms with van der Waals surface area (Å²) in [6.45, 7) is 1.39. The van der Waals surface area contributed by atoms with Crippen LogP contribution in [0.15, 0.2) is 97.1 Å². The molecule has 4 aromatic carbocycles. The second-order valence-corrected chi connectivity index (χ2v) is 6.95. The average Bonchev–Trinajstić information content (AvgIpc) is 2.81. The molecule has 0 fully saturated rings. The molecule has 0 bridgehead atoms. The number of benzene rings is 4. The van der Waals surface area contributed by atoms with Crippen LogP contribution in [0.25, 0.3) is 22.3 Å². The maximum absolute atomic E-state index is 11.5. The summed E-state index contributed by atoms with van der Waals surface area (Å²) in [6, 6.07) is 30.9. The molecule has 154 valence electrons. The van der Waals surface area contributed by atoms with Gasteiger partial charge in [-0.05, 0) is 47.5 Å². The van der Waals surface area contributed by atoms with Crippen molar-refractivity contribution in [2.45, 2.75) is 6.92 Å². The predicted octanol–water partition coefficient (Wildman–Crippen LogP) is 6.75. The van der Waals surface area contributed by atoms with Crippen molar-refractivity contribution < 1.29 is 19.0 Å². The van der Waals surface area contributed by atoms with Crippen molar-refractivity contribution >= 4 is 5.97 Å². The molecule has 0 saturated carbocycles. The van der Waals surface area contributed by atoms with Gasteiger partial charge in [-0.15, -0.1) is 0 Å². The van der Waals surface area contributed by atoms with Crippen molar-refractivity contribution in [1.29, 1.82) is 0 Å². The molecule has 31 heavy (non-hydrogen) atoms. The van der Waals surface area contributed by atoms with E-state index in [4.69, 9.17) is 14.2 Å². The van der Waals surface area contributed by atoms with Crippen molar-refractivity contribution in [3.05, 3.63) is 97.1 Å². The van der Waals surface area contributed by atoms with Crippen LogP contribution >= 0.6 is 0 Å². The highest BCUT2D eigenvalue weighted by molar-refractivity contribution is 5.78. The molecule has 4 rings (SSSR count). The van der Waals surface area contributed by atoms with E-state index in [0.29, 0.717) is 17.2 Å². The van der Waals surface area contributed by atoms with Crippen molar-refractivity contribution in [1.82, 2.24) is 0 Å². The van der Waals surface area contributed by atoms with E-state index in [9.17, 15) is 4.79 Å². The Hall–Kier alpha value is -4.05. The predicted molar refractivity (Wildman–Crippen MR) is 122 cm³/mol. The van der Waals surface area contributed by atoms with Gasteiger partial charge in [0.25, 0.3) is 0 Å². The lowest BCUT2D eigenvalue weighted by Gasteiger charge is -2.14. The quantitative estimate of drug-likeness (QED) is 0.261. The summed E-state index contributed by atoms with van der Waals surface area (Å²) in [5.74, 6) is 2.21. The third-order valence-corrected chi connectivity index (χ3v) is 4.78. The first-order valence-electron chi connectivity index (χ1n) is 9.93. The number of carbonyl (C=O) groups is 1. The summed E-state index contributed by atoms with van der Waals surface area (Å²) >= 11 is 0. The van der Waals surface area contributed by atoms with E-state index in [-0.39, 0.29) is 5.97 Å². The Kier molecular flexibility index (Phi) is 5.99. The monoisotopic (exact) mass is 410 g/mol. The van der Waals surface area contributed by atoms with Crippen molar-refractivity contribution in [2.75, 3.05) is 7.11 Å². The zero-order valence-electron chi connectivity index (χ0n) is 17.4. The smallest absolute Gasteiger partial charge is 0.308 e. The maximum Gasteiger partial charge on any atom is 0.308 e. The fraction of sp³-hybridized carbons (Fsp3) is 0.0741. The molecule has 0 N–H and O–H groups in total. The first-order valence-corrected chi connectivity index (χ1v) is 9.93. The van der Waals surface area contributed by atoms with Crippen LogP contribution < -0.4 is 14.2 Å². The number of ether oxygens (including phenoxy) is 3. The van der Waals surface area contributed by atoms with Gasteiger partial charge < -0.3 is 14.2 Å². The molecule has 0 aliphatic carbocycles. The molecule has 0 aliphatic heterocycles. The summed E-state index contributed by atoms with van der Waals surface area (Å²) in [6.07, 6.45) is 0. The van der Waals surface area contributed by atoms with E-state index in [2.05, 4.69) is 0 Å². The van der Waals surface area contributed by atoms with Gasteiger partial charge in [0, 0.05) is 18.1 Å². The van der Waals surface area contributed by atoms with Gasteiger partial charge in [-0.25, -0.2) is 0 Å². The van der Waals surface area contributed by atoms with Gasteiger partial charge in [-0.2, -0.15) is 0 Å². The van der Waals surface area contributed by atoms with E-state index >= 15 is 0 Å². The Morgan fingerprint density at radius 1 is 0.645 bits per heavy atom. The Labute approximate surface area is 181 Å². The number of carbonyl (C=O) groups excluding carboxylic acids is 1. The second-order valence-electron chi connectivity index (χ2n) is 6.95. The lowest BCUT2D eigenvalue weighted by molar-refractivity contribution is -0.131. The topological polar surface area (TPSA) is 44.8 Å². The minimum Gasteiger partial charge on any atom is -0.496 e. The third-order valence-electron chi connectivity index (χ3n) is 4.78. The Bertz CT molecular complexity index is 1180. The fourth-order valence-corrected chi connectivity index (χ4v) is 3.39. The van der Waals surface area contributed by atoms with Gasteiger partial charge in [0.2, 0.25) is 0 Å². The van der Waals surface area contributed by atoms with E-state index in [0.717, 1.165) is 28.0 Å². The third kappa shape index (κ3) is 4.75. The normalized spacial score (nSPS) is 10.4. The zero-order chi connectivity index (χ0) is 21.6. The minimum absolute atomic E-state index is 0.367. The largest absolute Gasteiger partial charge is 0.496 e. The number of rotatable bonds is 6. The van der Waals surface area contributed by atoms with Crippen molar-refractivity contribution in [2.24, 2.45) is 0 Å². The van der Waals surface area contributed by atoms with Gasteiger partial charge >= 0.3 is 5.97 Å². The lowest BCUT2D eigenvalue weighted by atomic mass is 10.0. The molecule has 4 heteroatoms. The van der Waals surface area contributed by atoms with Gasteiger partial charge in [0.05, 0.1) is 7.11 Å². The number of esters is 1. The molecule has 4 aromatic rings. The molecule has 0 spiro atoms. The van der Waals surface area contributed by atoms with Gasteiger partial charge in [0.15, 0.2) is 0 Å². The first-order chi connectivity index (χ1) is 15.1. The highest BCUT2D eigenvalue weighted by Gasteiger charge is 2.12. The minimum atomic E-state index is -0.367. The molecule has 0 heterocycles. The van der Waals surface area contributed by atoms with Crippen molar-refractivity contribution in [3.63, 3.8) is 0 Å². The van der Waals surface area contributed by atoms with E-state index in [1.807, 2.05) is 84.9 Å². The molecular formula is C27H22O4. The average molecular weight is 410 g/mol. The summed E-state index contributed by atoms with van der Waals surface area (Å²) in [7, 11) is 1.65. The number of methoxy groups -OCH3 is 1. The van der Waals surface area contributed by atoms with Gasteiger partial charge in [-0.3, -0.25) is 4.79 Å². The van der Waals surface area contributed by atoms with E-state index < -0.39 is 0 Å². The van der Waals surface area contributed by atoms with E-state index in [1.165, 1.54) is 6.92 Å². The van der Waals surface area contributed by atoms with Crippen molar-refractivity contribution in [3.8, 4) is 45.3 Å². The highest BCUT2D eigenvalue weighted by Crippen LogP contribution is 2.38. The fourth-order valence-electron chi connectivity index (χ4n) is 3.39. The molecular weight excluding hydrogens is 388 g/mol. The van der Waals surface area contributed by atoms with E-state index in [1.54, 1.807) is 19.2 Å². The zero-order valence-corrected chi connectivity index (χ0v) is 17.4. The van der Waals surface area contributed by atoms with Gasteiger partial charge in [-0.1, -0.05) is 60.7 Å². The molecule has 0 aromatic heterocycles. The lowest BCUT2D eigenvalue weighted by Crippen LogP contribution is -2.02.